The van der Waals surface area contributed by atoms with Crippen molar-refractivity contribution >= 4 is 0 Å². The first-order valence-electron chi connectivity index (χ1n) is 9.39. The van der Waals surface area contributed by atoms with Crippen LogP contribution in [0.5, 0.6) is 0 Å². The average Bonchev–Trinajstić information content (AvgIpc) is 2.47. The third kappa shape index (κ3) is 7.65. The maximum absolute atomic E-state index is 3.68. The van der Waals surface area contributed by atoms with Crippen LogP contribution in [-0.4, -0.2) is 37.1 Å². The van der Waals surface area contributed by atoms with Crippen molar-refractivity contribution in [2.24, 2.45) is 11.8 Å². The molecule has 1 N–H and O–H groups in total. The molecule has 1 fully saturated rings. The molecule has 0 saturated heterocycles. The maximum atomic E-state index is 3.68. The van der Waals surface area contributed by atoms with Crippen LogP contribution in [0.4, 0.5) is 0 Å². The minimum atomic E-state index is 0.437. The topological polar surface area (TPSA) is 15.3 Å². The fourth-order valence-corrected chi connectivity index (χ4v) is 3.44. The summed E-state index contributed by atoms with van der Waals surface area (Å²) in [7, 11) is 2.18. The van der Waals surface area contributed by atoms with Crippen molar-refractivity contribution in [1.82, 2.24) is 10.2 Å². The van der Waals surface area contributed by atoms with E-state index in [1.54, 1.807) is 0 Å². The smallest absolute Gasteiger partial charge is 0.0190 e. The Hall–Kier alpha value is -0.0800. The van der Waals surface area contributed by atoms with E-state index in [1.165, 1.54) is 71.0 Å². The van der Waals surface area contributed by atoms with Crippen LogP contribution < -0.4 is 5.32 Å². The van der Waals surface area contributed by atoms with Gasteiger partial charge in [-0.25, -0.2) is 0 Å². The van der Waals surface area contributed by atoms with Crippen LogP contribution in [0.3, 0.4) is 0 Å². The van der Waals surface area contributed by atoms with E-state index in [0.717, 1.165) is 11.8 Å². The summed E-state index contributed by atoms with van der Waals surface area (Å²) in [5, 5.41) is 3.68. The van der Waals surface area contributed by atoms with Crippen molar-refractivity contribution in [3.63, 3.8) is 0 Å². The fourth-order valence-electron chi connectivity index (χ4n) is 3.44. The van der Waals surface area contributed by atoms with Crippen LogP contribution >= 0.6 is 0 Å². The van der Waals surface area contributed by atoms with E-state index in [0.29, 0.717) is 5.54 Å². The van der Waals surface area contributed by atoms with Gasteiger partial charge in [0.05, 0.1) is 0 Å². The lowest BCUT2D eigenvalue weighted by molar-refractivity contribution is 0.173. The first-order chi connectivity index (χ1) is 9.97. The van der Waals surface area contributed by atoms with Crippen LogP contribution in [0.1, 0.15) is 79.1 Å². The molecule has 1 aliphatic rings. The minimum Gasteiger partial charge on any atom is -0.314 e. The molecule has 0 aromatic heterocycles. The molecule has 0 aliphatic heterocycles. The predicted molar refractivity (Wildman–Crippen MR) is 94.8 cm³/mol. The number of nitrogens with one attached hydrogen (secondary N) is 1. The largest absolute Gasteiger partial charge is 0.314 e. The summed E-state index contributed by atoms with van der Waals surface area (Å²) < 4.78 is 0. The molecule has 1 aliphatic carbocycles. The molecule has 0 heterocycles. The molecule has 1 saturated carbocycles. The average molecular weight is 297 g/mol. The van der Waals surface area contributed by atoms with Gasteiger partial charge < -0.3 is 10.2 Å². The molecule has 0 bridgehead atoms. The van der Waals surface area contributed by atoms with Gasteiger partial charge in [-0.05, 0) is 70.6 Å². The third-order valence-corrected chi connectivity index (χ3v) is 5.29. The first-order valence-corrected chi connectivity index (χ1v) is 9.39. The van der Waals surface area contributed by atoms with E-state index in [1.807, 2.05) is 0 Å². The van der Waals surface area contributed by atoms with E-state index < -0.39 is 0 Å². The fraction of sp³-hybridized carbons (Fsp3) is 1.00. The lowest BCUT2D eigenvalue weighted by Crippen LogP contribution is -2.47. The van der Waals surface area contributed by atoms with Crippen LogP contribution in [-0.2, 0) is 0 Å². The summed E-state index contributed by atoms with van der Waals surface area (Å²) in [6.45, 7) is 13.2. The lowest BCUT2D eigenvalue weighted by Gasteiger charge is -2.39. The Morgan fingerprint density at radius 1 is 0.857 bits per heavy atom. The number of hydrogen-bond donors (Lipinski definition) is 1. The Morgan fingerprint density at radius 2 is 1.38 bits per heavy atom. The van der Waals surface area contributed by atoms with Gasteiger partial charge in [-0.15, -0.1) is 0 Å². The van der Waals surface area contributed by atoms with Crippen molar-refractivity contribution in [3.8, 4) is 0 Å². The molecule has 21 heavy (non-hydrogen) atoms. The summed E-state index contributed by atoms with van der Waals surface area (Å²) in [6.07, 6.45) is 11.0. The normalized spacial score (nSPS) is 18.9. The highest BCUT2D eigenvalue weighted by molar-refractivity contribution is 4.90. The van der Waals surface area contributed by atoms with E-state index in [2.05, 4.69) is 45.0 Å². The maximum Gasteiger partial charge on any atom is 0.0190 e. The zero-order valence-corrected chi connectivity index (χ0v) is 15.4. The van der Waals surface area contributed by atoms with Gasteiger partial charge in [0.1, 0.15) is 0 Å². The first kappa shape index (κ1) is 19.0. The standard InChI is InChI=1S/C19H40N2/c1-17(2)9-14-21(15-10-18(3)4)16-13-19(20-5)11-7-6-8-12-19/h17-18,20H,6-16H2,1-5H3. The van der Waals surface area contributed by atoms with Crippen LogP contribution in [0, 0.1) is 11.8 Å². The molecule has 0 aromatic rings. The molecular formula is C19H40N2. The minimum absolute atomic E-state index is 0.437. The third-order valence-electron chi connectivity index (χ3n) is 5.29. The van der Waals surface area contributed by atoms with E-state index in [4.69, 9.17) is 0 Å². The Morgan fingerprint density at radius 3 is 1.81 bits per heavy atom. The molecule has 1 rings (SSSR count). The highest BCUT2D eigenvalue weighted by atomic mass is 15.1. The number of nitrogens with zero attached hydrogens (tertiary/aromatic N) is 1. The van der Waals surface area contributed by atoms with Gasteiger partial charge in [0.25, 0.3) is 0 Å². The SMILES string of the molecule is CNC1(CCN(CCC(C)C)CCC(C)C)CCCCC1. The highest BCUT2D eigenvalue weighted by Crippen LogP contribution is 2.31. The van der Waals surface area contributed by atoms with E-state index >= 15 is 0 Å². The van der Waals surface area contributed by atoms with Crippen molar-refractivity contribution in [2.75, 3.05) is 26.7 Å². The van der Waals surface area contributed by atoms with Crippen LogP contribution in [0.15, 0.2) is 0 Å². The highest BCUT2D eigenvalue weighted by Gasteiger charge is 2.30. The second-order valence-corrected chi connectivity index (χ2v) is 8.05. The van der Waals surface area contributed by atoms with Gasteiger partial charge >= 0.3 is 0 Å². The Balaban J connectivity index is 2.45. The van der Waals surface area contributed by atoms with Crippen molar-refractivity contribution in [1.29, 1.82) is 0 Å². The molecule has 2 nitrogen and oxygen atoms in total. The van der Waals surface area contributed by atoms with Gasteiger partial charge in [0.2, 0.25) is 0 Å². The molecule has 0 atom stereocenters. The summed E-state index contributed by atoms with van der Waals surface area (Å²) in [4.78, 5) is 2.73. The Bertz CT molecular complexity index is 242. The van der Waals surface area contributed by atoms with Gasteiger partial charge in [-0.2, -0.15) is 0 Å². The van der Waals surface area contributed by atoms with Crippen molar-refractivity contribution < 1.29 is 0 Å². The summed E-state index contributed by atoms with van der Waals surface area (Å²) in [5.74, 6) is 1.64. The van der Waals surface area contributed by atoms with Crippen molar-refractivity contribution in [3.05, 3.63) is 0 Å². The zero-order chi connectivity index (χ0) is 15.7. The van der Waals surface area contributed by atoms with Gasteiger partial charge in [-0.3, -0.25) is 0 Å². The second-order valence-electron chi connectivity index (χ2n) is 8.05. The Kier molecular flexibility index (Phi) is 8.89. The molecule has 126 valence electrons. The quantitative estimate of drug-likeness (QED) is 0.629. The van der Waals surface area contributed by atoms with Crippen LogP contribution in [0.25, 0.3) is 0 Å². The van der Waals surface area contributed by atoms with E-state index in [9.17, 15) is 0 Å². The summed E-state index contributed by atoms with van der Waals surface area (Å²) in [5.41, 5.74) is 0.437. The Labute approximate surface area is 134 Å². The zero-order valence-electron chi connectivity index (χ0n) is 15.4. The second kappa shape index (κ2) is 9.84. The molecule has 0 aromatic carbocycles. The molecule has 0 amide bonds. The van der Waals surface area contributed by atoms with Crippen molar-refractivity contribution in [2.45, 2.75) is 84.6 Å². The molecule has 0 radical (unpaired) electrons. The van der Waals surface area contributed by atoms with E-state index in [-0.39, 0.29) is 0 Å². The van der Waals surface area contributed by atoms with Gasteiger partial charge in [0.15, 0.2) is 0 Å². The van der Waals surface area contributed by atoms with Crippen LogP contribution in [0.2, 0.25) is 0 Å². The number of hydrogen-bond acceptors (Lipinski definition) is 2. The molecule has 0 spiro atoms. The molecule has 2 heteroatoms. The predicted octanol–water partition coefficient (Wildman–Crippen LogP) is 4.69. The number of rotatable bonds is 10. The molecular weight excluding hydrogens is 256 g/mol. The van der Waals surface area contributed by atoms with Gasteiger partial charge in [-0.1, -0.05) is 47.0 Å². The summed E-state index contributed by atoms with van der Waals surface area (Å²) >= 11 is 0. The monoisotopic (exact) mass is 296 g/mol. The lowest BCUT2D eigenvalue weighted by atomic mass is 9.79. The molecule has 0 unspecified atom stereocenters. The summed E-state index contributed by atoms with van der Waals surface area (Å²) in [6, 6.07) is 0. The van der Waals surface area contributed by atoms with Gasteiger partial charge in [0, 0.05) is 5.54 Å².